The Hall–Kier alpha value is -1.50. The van der Waals surface area contributed by atoms with Gasteiger partial charge in [0.15, 0.2) is 0 Å². The normalized spacial score (nSPS) is 12.9. The maximum Gasteiger partial charge on any atom is 0.115 e. The summed E-state index contributed by atoms with van der Waals surface area (Å²) in [5, 5.41) is 9.24. The fraction of sp³-hybridized carbons (Fsp3) is 0.333. The summed E-state index contributed by atoms with van der Waals surface area (Å²) in [5.41, 5.74) is 3.86. The van der Waals surface area contributed by atoms with Crippen molar-refractivity contribution >= 4 is 5.57 Å². The molecule has 1 aromatic carbocycles. The van der Waals surface area contributed by atoms with E-state index in [1.807, 2.05) is 12.1 Å². The molecule has 1 heteroatoms. The van der Waals surface area contributed by atoms with Gasteiger partial charge in [0.05, 0.1) is 0 Å². The predicted molar refractivity (Wildman–Crippen MR) is 70.4 cm³/mol. The van der Waals surface area contributed by atoms with Crippen LogP contribution in [-0.2, 0) is 0 Å². The molecule has 1 N–H and O–H groups in total. The smallest absolute Gasteiger partial charge is 0.115 e. The summed E-state index contributed by atoms with van der Waals surface area (Å²) in [4.78, 5) is 0. The van der Waals surface area contributed by atoms with E-state index in [0.29, 0.717) is 5.75 Å². The first-order valence-electron chi connectivity index (χ1n) is 5.83. The molecule has 0 atom stereocenters. The van der Waals surface area contributed by atoms with Crippen LogP contribution in [0.3, 0.4) is 0 Å². The number of allylic oxidation sites excluding steroid dienone is 4. The van der Waals surface area contributed by atoms with E-state index in [4.69, 9.17) is 0 Å². The van der Waals surface area contributed by atoms with E-state index in [9.17, 15) is 5.11 Å². The Labute approximate surface area is 98.1 Å². The van der Waals surface area contributed by atoms with E-state index in [0.717, 1.165) is 12.8 Å². The molecule has 16 heavy (non-hydrogen) atoms. The van der Waals surface area contributed by atoms with Gasteiger partial charge in [-0.3, -0.25) is 0 Å². The highest BCUT2D eigenvalue weighted by Crippen LogP contribution is 2.21. The standard InChI is InChI=1S/C15H20O/c1-4-12(3)6-7-13(5-2)14-8-10-15(16)11-9-14/h6-11,16H,4-5H2,1-3H3/b12-6+,13-7+. The quantitative estimate of drug-likeness (QED) is 0.732. The maximum absolute atomic E-state index is 9.24. The van der Waals surface area contributed by atoms with Crippen molar-refractivity contribution in [3.63, 3.8) is 0 Å². The molecule has 0 saturated heterocycles. The molecule has 0 aromatic heterocycles. The van der Waals surface area contributed by atoms with Gasteiger partial charge in [-0.15, -0.1) is 0 Å². The van der Waals surface area contributed by atoms with Gasteiger partial charge in [0, 0.05) is 0 Å². The molecule has 0 unspecified atom stereocenters. The van der Waals surface area contributed by atoms with Crippen molar-refractivity contribution in [2.45, 2.75) is 33.6 Å². The van der Waals surface area contributed by atoms with Gasteiger partial charge in [-0.05, 0) is 43.0 Å². The molecule has 0 fully saturated rings. The van der Waals surface area contributed by atoms with E-state index in [-0.39, 0.29) is 0 Å². The highest BCUT2D eigenvalue weighted by molar-refractivity contribution is 5.67. The molecule has 0 aliphatic rings. The van der Waals surface area contributed by atoms with Gasteiger partial charge < -0.3 is 5.11 Å². The van der Waals surface area contributed by atoms with Crippen LogP contribution in [0.5, 0.6) is 5.75 Å². The van der Waals surface area contributed by atoms with Gasteiger partial charge in [0.2, 0.25) is 0 Å². The molecule has 1 rings (SSSR count). The monoisotopic (exact) mass is 216 g/mol. The average molecular weight is 216 g/mol. The molecule has 1 aromatic rings. The van der Waals surface area contributed by atoms with Crippen molar-refractivity contribution in [3.8, 4) is 5.75 Å². The molecule has 0 aliphatic heterocycles. The fourth-order valence-electron chi connectivity index (χ4n) is 1.45. The molecule has 0 heterocycles. The zero-order valence-electron chi connectivity index (χ0n) is 10.3. The molecule has 86 valence electrons. The van der Waals surface area contributed by atoms with E-state index in [2.05, 4.69) is 32.9 Å². The lowest BCUT2D eigenvalue weighted by Crippen LogP contribution is -1.82. The highest BCUT2D eigenvalue weighted by atomic mass is 16.3. The van der Waals surface area contributed by atoms with Crippen LogP contribution in [0.15, 0.2) is 42.0 Å². The molecular weight excluding hydrogens is 196 g/mol. The topological polar surface area (TPSA) is 20.2 Å². The highest BCUT2D eigenvalue weighted by Gasteiger charge is 1.98. The lowest BCUT2D eigenvalue weighted by molar-refractivity contribution is 0.475. The summed E-state index contributed by atoms with van der Waals surface area (Å²) in [6, 6.07) is 7.38. The third kappa shape index (κ3) is 3.58. The van der Waals surface area contributed by atoms with E-state index in [1.165, 1.54) is 16.7 Å². The molecule has 0 radical (unpaired) electrons. The second-order valence-corrected chi connectivity index (χ2v) is 3.96. The second-order valence-electron chi connectivity index (χ2n) is 3.96. The first kappa shape index (κ1) is 12.6. The third-order valence-electron chi connectivity index (χ3n) is 2.75. The number of aromatic hydroxyl groups is 1. The van der Waals surface area contributed by atoms with Crippen molar-refractivity contribution in [2.75, 3.05) is 0 Å². The summed E-state index contributed by atoms with van der Waals surface area (Å²) in [6.45, 7) is 6.44. The zero-order chi connectivity index (χ0) is 12.0. The van der Waals surface area contributed by atoms with Gasteiger partial charge in [-0.25, -0.2) is 0 Å². The SMILES string of the molecule is CC/C(C)=C/C=C(\CC)c1ccc(O)cc1. The van der Waals surface area contributed by atoms with Crippen molar-refractivity contribution in [3.05, 3.63) is 47.6 Å². The zero-order valence-corrected chi connectivity index (χ0v) is 10.3. The van der Waals surface area contributed by atoms with Crippen molar-refractivity contribution in [1.29, 1.82) is 0 Å². The Morgan fingerprint density at radius 1 is 1.06 bits per heavy atom. The lowest BCUT2D eigenvalue weighted by atomic mass is 10.0. The molecule has 0 bridgehead atoms. The number of phenolic OH excluding ortho intramolecular Hbond substituents is 1. The number of rotatable bonds is 4. The third-order valence-corrected chi connectivity index (χ3v) is 2.75. The minimum absolute atomic E-state index is 0.319. The van der Waals surface area contributed by atoms with Gasteiger partial charge in [0.1, 0.15) is 5.75 Å². The summed E-state index contributed by atoms with van der Waals surface area (Å²) in [5.74, 6) is 0.319. The number of hydrogen-bond donors (Lipinski definition) is 1. The van der Waals surface area contributed by atoms with Gasteiger partial charge in [0.25, 0.3) is 0 Å². The summed E-state index contributed by atoms with van der Waals surface area (Å²) < 4.78 is 0. The number of phenols is 1. The van der Waals surface area contributed by atoms with Crippen molar-refractivity contribution < 1.29 is 5.11 Å². The second kappa shape index (κ2) is 6.16. The first-order valence-corrected chi connectivity index (χ1v) is 5.83. The fourth-order valence-corrected chi connectivity index (χ4v) is 1.45. The Balaban J connectivity index is 2.94. The molecular formula is C15H20O. The molecule has 0 spiro atoms. The Bertz CT molecular complexity index is 382. The van der Waals surface area contributed by atoms with Crippen LogP contribution in [-0.4, -0.2) is 5.11 Å². The van der Waals surface area contributed by atoms with Crippen LogP contribution < -0.4 is 0 Å². The van der Waals surface area contributed by atoms with Crippen LogP contribution in [0.1, 0.15) is 39.2 Å². The number of benzene rings is 1. The Morgan fingerprint density at radius 3 is 2.19 bits per heavy atom. The minimum Gasteiger partial charge on any atom is -0.508 e. The summed E-state index contributed by atoms with van der Waals surface area (Å²) >= 11 is 0. The lowest BCUT2D eigenvalue weighted by Gasteiger charge is -2.04. The molecule has 0 saturated carbocycles. The van der Waals surface area contributed by atoms with E-state index >= 15 is 0 Å². The Morgan fingerprint density at radius 2 is 1.69 bits per heavy atom. The maximum atomic E-state index is 9.24. The molecule has 0 aliphatic carbocycles. The minimum atomic E-state index is 0.319. The summed E-state index contributed by atoms with van der Waals surface area (Å²) in [6.07, 6.45) is 6.43. The molecule has 1 nitrogen and oxygen atoms in total. The van der Waals surface area contributed by atoms with Crippen LogP contribution in [0.25, 0.3) is 5.57 Å². The van der Waals surface area contributed by atoms with Crippen LogP contribution in [0.4, 0.5) is 0 Å². The number of hydrogen-bond acceptors (Lipinski definition) is 1. The van der Waals surface area contributed by atoms with Gasteiger partial charge in [-0.1, -0.05) is 43.7 Å². The van der Waals surface area contributed by atoms with Crippen LogP contribution in [0, 0.1) is 0 Å². The first-order chi connectivity index (χ1) is 7.67. The molecule has 0 amide bonds. The average Bonchev–Trinajstić information content (AvgIpc) is 2.31. The van der Waals surface area contributed by atoms with Gasteiger partial charge in [-0.2, -0.15) is 0 Å². The summed E-state index contributed by atoms with van der Waals surface area (Å²) in [7, 11) is 0. The van der Waals surface area contributed by atoms with Crippen LogP contribution >= 0.6 is 0 Å². The van der Waals surface area contributed by atoms with Crippen LogP contribution in [0.2, 0.25) is 0 Å². The van der Waals surface area contributed by atoms with E-state index < -0.39 is 0 Å². The van der Waals surface area contributed by atoms with Crippen molar-refractivity contribution in [1.82, 2.24) is 0 Å². The largest absolute Gasteiger partial charge is 0.508 e. The van der Waals surface area contributed by atoms with Gasteiger partial charge >= 0.3 is 0 Å². The van der Waals surface area contributed by atoms with E-state index in [1.54, 1.807) is 12.1 Å². The van der Waals surface area contributed by atoms with Crippen molar-refractivity contribution in [2.24, 2.45) is 0 Å². The predicted octanol–water partition coefficient (Wildman–Crippen LogP) is 4.54. The Kier molecular flexibility index (Phi) is 4.84.